The van der Waals surface area contributed by atoms with Crippen molar-refractivity contribution in [2.24, 2.45) is 0 Å². The highest BCUT2D eigenvalue weighted by atomic mass is 16.5. The molecule has 1 aliphatic heterocycles. The van der Waals surface area contributed by atoms with Crippen LogP contribution in [-0.4, -0.2) is 19.1 Å². The molecule has 78 valence electrons. The third-order valence-corrected chi connectivity index (χ3v) is 2.61. The van der Waals surface area contributed by atoms with Crippen molar-refractivity contribution < 1.29 is 9.53 Å². The molecule has 0 aliphatic carbocycles. The van der Waals surface area contributed by atoms with Gasteiger partial charge in [-0.3, -0.25) is 0 Å². The molecule has 0 aromatic heterocycles. The summed E-state index contributed by atoms with van der Waals surface area (Å²) in [6.07, 6.45) is 0. The lowest BCUT2D eigenvalue weighted by molar-refractivity contribution is -0.145. The summed E-state index contributed by atoms with van der Waals surface area (Å²) >= 11 is 0. The summed E-state index contributed by atoms with van der Waals surface area (Å²) in [4.78, 5) is 11.6. The number of hydrogen-bond acceptors (Lipinski definition) is 3. The summed E-state index contributed by atoms with van der Waals surface area (Å²) < 4.78 is 5.14. The number of carbonyl (C=O) groups excluding carboxylic acids is 1. The van der Waals surface area contributed by atoms with Crippen LogP contribution in [0.1, 0.15) is 11.1 Å². The first-order valence-electron chi connectivity index (χ1n) is 4.85. The van der Waals surface area contributed by atoms with Crippen LogP contribution < -0.4 is 5.32 Å². The van der Waals surface area contributed by atoms with Gasteiger partial charge >= 0.3 is 5.97 Å². The summed E-state index contributed by atoms with van der Waals surface area (Å²) in [6, 6.07) is 7.34. The van der Waals surface area contributed by atoms with Crippen LogP contribution in [0, 0.1) is 0 Å². The Hall–Kier alpha value is -1.61. The van der Waals surface area contributed by atoms with Gasteiger partial charge in [0.25, 0.3) is 0 Å². The van der Waals surface area contributed by atoms with E-state index in [0.29, 0.717) is 6.61 Å². The Morgan fingerprint density at radius 1 is 1.47 bits per heavy atom. The Balaban J connectivity index is 2.47. The average molecular weight is 203 g/mol. The fourth-order valence-electron chi connectivity index (χ4n) is 1.78. The van der Waals surface area contributed by atoms with E-state index in [1.807, 2.05) is 24.3 Å². The first kappa shape index (κ1) is 9.93. The molecule has 1 aromatic carbocycles. The van der Waals surface area contributed by atoms with Crippen molar-refractivity contribution in [1.82, 2.24) is 5.32 Å². The number of hydrogen-bond donors (Lipinski definition) is 1. The van der Waals surface area contributed by atoms with Crippen LogP contribution in [0.3, 0.4) is 0 Å². The van der Waals surface area contributed by atoms with E-state index in [2.05, 4.69) is 11.9 Å². The Bertz CT molecular complexity index is 412. The van der Waals surface area contributed by atoms with Gasteiger partial charge in [-0.2, -0.15) is 0 Å². The molecule has 3 nitrogen and oxygen atoms in total. The van der Waals surface area contributed by atoms with Crippen molar-refractivity contribution in [1.29, 1.82) is 0 Å². The number of rotatable bonds is 1. The number of nitrogens with one attached hydrogen (secondary N) is 1. The minimum atomic E-state index is -0.436. The number of fused-ring (bicyclic) bond motifs is 1. The molecule has 0 amide bonds. The Labute approximate surface area is 88.8 Å². The van der Waals surface area contributed by atoms with Crippen LogP contribution in [0.15, 0.2) is 30.8 Å². The zero-order valence-electron chi connectivity index (χ0n) is 8.62. The van der Waals surface area contributed by atoms with Crippen LogP contribution in [0.25, 0.3) is 5.57 Å². The lowest BCUT2D eigenvalue weighted by Crippen LogP contribution is -2.34. The summed E-state index contributed by atoms with van der Waals surface area (Å²) in [6.45, 7) is 4.28. The van der Waals surface area contributed by atoms with E-state index in [0.717, 1.165) is 16.7 Å². The minimum absolute atomic E-state index is 0.265. The van der Waals surface area contributed by atoms with Gasteiger partial charge in [-0.05, 0) is 23.7 Å². The predicted octanol–water partition coefficient (Wildman–Crippen LogP) is 1.34. The second-order valence-corrected chi connectivity index (χ2v) is 3.51. The summed E-state index contributed by atoms with van der Waals surface area (Å²) in [5, 5.41) is 2.91. The molecule has 0 spiro atoms. The average Bonchev–Trinajstić information content (AvgIpc) is 2.38. The van der Waals surface area contributed by atoms with Gasteiger partial charge < -0.3 is 10.1 Å². The molecule has 1 aliphatic rings. The lowest BCUT2D eigenvalue weighted by atomic mass is 9.97. The van der Waals surface area contributed by atoms with Gasteiger partial charge in [0, 0.05) is 0 Å². The van der Waals surface area contributed by atoms with Gasteiger partial charge in [0.1, 0.15) is 12.6 Å². The molecule has 1 atom stereocenters. The van der Waals surface area contributed by atoms with Gasteiger partial charge in [0.05, 0.1) is 0 Å². The molecular formula is C12H13NO2. The lowest BCUT2D eigenvalue weighted by Gasteiger charge is -2.13. The molecule has 2 rings (SSSR count). The number of benzene rings is 1. The normalized spacial score (nSPS) is 20.5. The number of cyclic esters (lactones) is 1. The Kier molecular flexibility index (Phi) is 2.56. The van der Waals surface area contributed by atoms with E-state index in [1.54, 1.807) is 7.05 Å². The zero-order valence-corrected chi connectivity index (χ0v) is 8.62. The molecule has 15 heavy (non-hydrogen) atoms. The van der Waals surface area contributed by atoms with Crippen molar-refractivity contribution in [2.75, 3.05) is 7.05 Å². The van der Waals surface area contributed by atoms with Gasteiger partial charge in [0.15, 0.2) is 0 Å². The van der Waals surface area contributed by atoms with Crippen LogP contribution in [0.2, 0.25) is 0 Å². The summed E-state index contributed by atoms with van der Waals surface area (Å²) in [5.41, 5.74) is 2.78. The van der Waals surface area contributed by atoms with Gasteiger partial charge in [-0.15, -0.1) is 0 Å². The molecule has 0 fully saturated rings. The largest absolute Gasteiger partial charge is 0.459 e. The second-order valence-electron chi connectivity index (χ2n) is 3.51. The molecular weight excluding hydrogens is 190 g/mol. The molecule has 0 radical (unpaired) electrons. The van der Waals surface area contributed by atoms with Gasteiger partial charge in [0.2, 0.25) is 0 Å². The van der Waals surface area contributed by atoms with Crippen molar-refractivity contribution >= 4 is 11.5 Å². The SMILES string of the molecule is C=C1c2ccccc2COC(=O)C1NC. The third kappa shape index (κ3) is 1.66. The molecule has 1 heterocycles. The van der Waals surface area contributed by atoms with E-state index < -0.39 is 6.04 Å². The van der Waals surface area contributed by atoms with E-state index in [9.17, 15) is 4.79 Å². The first-order valence-corrected chi connectivity index (χ1v) is 4.85. The maximum Gasteiger partial charge on any atom is 0.328 e. The standard InChI is InChI=1S/C12H13NO2/c1-8-10-6-4-3-5-9(10)7-15-12(14)11(8)13-2/h3-6,11,13H,1,7H2,2H3. The minimum Gasteiger partial charge on any atom is -0.459 e. The maximum atomic E-state index is 11.6. The first-order chi connectivity index (χ1) is 7.24. The van der Waals surface area contributed by atoms with Crippen LogP contribution in [0.5, 0.6) is 0 Å². The summed E-state index contributed by atoms with van der Waals surface area (Å²) in [7, 11) is 1.73. The van der Waals surface area contributed by atoms with E-state index in [4.69, 9.17) is 4.74 Å². The van der Waals surface area contributed by atoms with Gasteiger partial charge in [-0.25, -0.2) is 4.79 Å². The quantitative estimate of drug-likeness (QED) is 0.700. The molecule has 0 bridgehead atoms. The van der Waals surface area contributed by atoms with E-state index >= 15 is 0 Å². The van der Waals surface area contributed by atoms with E-state index in [-0.39, 0.29) is 5.97 Å². The highest BCUT2D eigenvalue weighted by molar-refractivity contribution is 5.93. The van der Waals surface area contributed by atoms with Gasteiger partial charge in [-0.1, -0.05) is 30.8 Å². The second kappa shape index (κ2) is 3.87. The topological polar surface area (TPSA) is 38.3 Å². The highest BCUT2D eigenvalue weighted by Gasteiger charge is 2.27. The maximum absolute atomic E-state index is 11.6. The molecule has 0 saturated heterocycles. The fraction of sp³-hybridized carbons (Fsp3) is 0.250. The Morgan fingerprint density at radius 2 is 2.20 bits per heavy atom. The monoisotopic (exact) mass is 203 g/mol. The van der Waals surface area contributed by atoms with Crippen LogP contribution >= 0.6 is 0 Å². The Morgan fingerprint density at radius 3 is 2.93 bits per heavy atom. The van der Waals surface area contributed by atoms with Crippen molar-refractivity contribution in [3.8, 4) is 0 Å². The fourth-order valence-corrected chi connectivity index (χ4v) is 1.78. The van der Waals surface area contributed by atoms with E-state index in [1.165, 1.54) is 0 Å². The van der Waals surface area contributed by atoms with Crippen molar-refractivity contribution in [3.05, 3.63) is 42.0 Å². The number of carbonyl (C=O) groups is 1. The number of ether oxygens (including phenoxy) is 1. The predicted molar refractivity (Wildman–Crippen MR) is 58.1 cm³/mol. The summed E-state index contributed by atoms with van der Waals surface area (Å²) in [5.74, 6) is -0.265. The molecule has 1 N–H and O–H groups in total. The number of likely N-dealkylation sites (N-methyl/N-ethyl adjacent to an activating group) is 1. The van der Waals surface area contributed by atoms with Crippen molar-refractivity contribution in [3.63, 3.8) is 0 Å². The smallest absolute Gasteiger partial charge is 0.328 e. The highest BCUT2D eigenvalue weighted by Crippen LogP contribution is 2.25. The molecule has 1 aromatic rings. The zero-order chi connectivity index (χ0) is 10.8. The van der Waals surface area contributed by atoms with Crippen LogP contribution in [0.4, 0.5) is 0 Å². The molecule has 0 saturated carbocycles. The van der Waals surface area contributed by atoms with Crippen LogP contribution in [-0.2, 0) is 16.1 Å². The van der Waals surface area contributed by atoms with Crippen molar-refractivity contribution in [2.45, 2.75) is 12.6 Å². The molecule has 1 unspecified atom stereocenters. The number of esters is 1. The molecule has 3 heteroatoms. The third-order valence-electron chi connectivity index (χ3n) is 2.61.